The molecule has 0 heterocycles. The fourth-order valence-corrected chi connectivity index (χ4v) is 1.14. The van der Waals surface area contributed by atoms with Gasteiger partial charge in [-0.05, 0) is 19.8 Å². The van der Waals surface area contributed by atoms with Gasteiger partial charge in [-0.1, -0.05) is 32.3 Å². The van der Waals surface area contributed by atoms with Gasteiger partial charge in [0.15, 0.2) is 0 Å². The van der Waals surface area contributed by atoms with Crippen LogP contribution in [0.25, 0.3) is 0 Å². The van der Waals surface area contributed by atoms with Crippen molar-refractivity contribution in [3.63, 3.8) is 0 Å². The second kappa shape index (κ2) is 5.97. The molecule has 0 aromatic heterocycles. The van der Waals surface area contributed by atoms with Crippen molar-refractivity contribution in [2.75, 3.05) is 0 Å². The van der Waals surface area contributed by atoms with Crippen molar-refractivity contribution in [1.82, 2.24) is 0 Å². The van der Waals surface area contributed by atoms with Gasteiger partial charge in [0.2, 0.25) is 0 Å². The van der Waals surface area contributed by atoms with Crippen molar-refractivity contribution in [3.8, 4) is 6.07 Å². The zero-order valence-corrected chi connectivity index (χ0v) is 7.78. The van der Waals surface area contributed by atoms with E-state index in [1.807, 2.05) is 0 Å². The van der Waals surface area contributed by atoms with E-state index in [1.165, 1.54) is 5.57 Å². The molecular formula is C10H17N. The monoisotopic (exact) mass is 151 g/mol. The molecule has 1 nitrogen and oxygen atoms in total. The Morgan fingerprint density at radius 3 is 2.09 bits per heavy atom. The van der Waals surface area contributed by atoms with Crippen LogP contribution in [0.3, 0.4) is 0 Å². The minimum atomic E-state index is 0.947. The van der Waals surface area contributed by atoms with Crippen LogP contribution in [0.15, 0.2) is 11.1 Å². The summed E-state index contributed by atoms with van der Waals surface area (Å²) in [5, 5.41) is 8.75. The standard InChI is InChI=1S/C10H17N/c1-4-6-9(3)10(8-11)7-5-2/h4-7H2,1-3H3/b10-9-. The van der Waals surface area contributed by atoms with Crippen LogP contribution >= 0.6 is 0 Å². The van der Waals surface area contributed by atoms with E-state index in [0.717, 1.165) is 31.3 Å². The summed E-state index contributed by atoms with van der Waals surface area (Å²) in [5.74, 6) is 0. The van der Waals surface area contributed by atoms with E-state index in [0.29, 0.717) is 0 Å². The summed E-state index contributed by atoms with van der Waals surface area (Å²) in [7, 11) is 0. The summed E-state index contributed by atoms with van der Waals surface area (Å²) in [5.41, 5.74) is 2.27. The molecule has 0 aliphatic rings. The Kier molecular flexibility index (Phi) is 5.56. The van der Waals surface area contributed by atoms with Gasteiger partial charge in [0, 0.05) is 5.57 Å². The van der Waals surface area contributed by atoms with Crippen LogP contribution < -0.4 is 0 Å². The average Bonchev–Trinajstić information content (AvgIpc) is 2.00. The molecule has 0 rings (SSSR count). The summed E-state index contributed by atoms with van der Waals surface area (Å²) in [6.45, 7) is 6.32. The van der Waals surface area contributed by atoms with Gasteiger partial charge < -0.3 is 0 Å². The molecule has 0 aromatic rings. The van der Waals surface area contributed by atoms with Crippen LogP contribution in [-0.2, 0) is 0 Å². The second-order valence-corrected chi connectivity index (χ2v) is 2.87. The third-order valence-electron chi connectivity index (χ3n) is 1.78. The molecule has 0 radical (unpaired) electrons. The van der Waals surface area contributed by atoms with Crippen molar-refractivity contribution in [1.29, 1.82) is 5.26 Å². The molecule has 0 saturated heterocycles. The first-order valence-electron chi connectivity index (χ1n) is 4.34. The lowest BCUT2D eigenvalue weighted by Gasteiger charge is -2.01. The van der Waals surface area contributed by atoms with E-state index < -0.39 is 0 Å². The molecule has 0 aromatic carbocycles. The highest BCUT2D eigenvalue weighted by Gasteiger charge is 1.98. The maximum Gasteiger partial charge on any atom is 0.0946 e. The number of rotatable bonds is 4. The third kappa shape index (κ3) is 3.83. The maximum absolute atomic E-state index is 8.75. The number of nitrogens with zero attached hydrogens (tertiary/aromatic N) is 1. The Hall–Kier alpha value is -0.770. The lowest BCUT2D eigenvalue weighted by molar-refractivity contribution is 0.855. The predicted octanol–water partition coefficient (Wildman–Crippen LogP) is 3.43. The zero-order chi connectivity index (χ0) is 8.69. The van der Waals surface area contributed by atoms with E-state index in [-0.39, 0.29) is 0 Å². The van der Waals surface area contributed by atoms with E-state index in [1.54, 1.807) is 0 Å². The van der Waals surface area contributed by atoms with Crippen LogP contribution in [0.2, 0.25) is 0 Å². The Balaban J connectivity index is 4.18. The first kappa shape index (κ1) is 10.2. The maximum atomic E-state index is 8.75. The topological polar surface area (TPSA) is 23.8 Å². The molecule has 0 aliphatic heterocycles. The second-order valence-electron chi connectivity index (χ2n) is 2.87. The first-order chi connectivity index (χ1) is 5.26. The minimum absolute atomic E-state index is 0.947. The number of hydrogen-bond donors (Lipinski definition) is 0. The van der Waals surface area contributed by atoms with Crippen molar-refractivity contribution < 1.29 is 0 Å². The lowest BCUT2D eigenvalue weighted by Crippen LogP contribution is -1.85. The Bertz CT molecular complexity index is 172. The highest BCUT2D eigenvalue weighted by atomic mass is 14.2. The van der Waals surface area contributed by atoms with Gasteiger partial charge in [-0.2, -0.15) is 5.26 Å². The van der Waals surface area contributed by atoms with Crippen molar-refractivity contribution in [2.45, 2.75) is 46.5 Å². The van der Waals surface area contributed by atoms with Gasteiger partial charge in [0.05, 0.1) is 6.07 Å². The molecule has 0 spiro atoms. The summed E-state index contributed by atoms with van der Waals surface area (Å²) < 4.78 is 0. The molecule has 0 saturated carbocycles. The van der Waals surface area contributed by atoms with E-state index >= 15 is 0 Å². The minimum Gasteiger partial charge on any atom is -0.193 e. The SMILES string of the molecule is CCC/C(C)=C(\C#N)CCC. The van der Waals surface area contributed by atoms with Crippen LogP contribution in [0, 0.1) is 11.3 Å². The van der Waals surface area contributed by atoms with Crippen LogP contribution in [-0.4, -0.2) is 0 Å². The fourth-order valence-electron chi connectivity index (χ4n) is 1.14. The largest absolute Gasteiger partial charge is 0.193 e. The Morgan fingerprint density at radius 2 is 1.73 bits per heavy atom. The van der Waals surface area contributed by atoms with Crippen LogP contribution in [0.4, 0.5) is 0 Å². The van der Waals surface area contributed by atoms with Gasteiger partial charge in [-0.25, -0.2) is 0 Å². The lowest BCUT2D eigenvalue weighted by atomic mass is 10.0. The van der Waals surface area contributed by atoms with Crippen LogP contribution in [0.1, 0.15) is 46.5 Å². The molecule has 0 aliphatic carbocycles. The predicted molar refractivity (Wildman–Crippen MR) is 48.1 cm³/mol. The smallest absolute Gasteiger partial charge is 0.0946 e. The van der Waals surface area contributed by atoms with E-state index in [9.17, 15) is 0 Å². The van der Waals surface area contributed by atoms with Crippen molar-refractivity contribution >= 4 is 0 Å². The zero-order valence-electron chi connectivity index (χ0n) is 7.78. The highest BCUT2D eigenvalue weighted by Crippen LogP contribution is 2.14. The summed E-state index contributed by atoms with van der Waals surface area (Å²) in [4.78, 5) is 0. The molecule has 0 bridgehead atoms. The number of nitriles is 1. The van der Waals surface area contributed by atoms with E-state index in [2.05, 4.69) is 26.8 Å². The van der Waals surface area contributed by atoms with Gasteiger partial charge in [-0.3, -0.25) is 0 Å². The molecule has 0 fully saturated rings. The molecule has 62 valence electrons. The van der Waals surface area contributed by atoms with E-state index in [4.69, 9.17) is 5.26 Å². The highest BCUT2D eigenvalue weighted by molar-refractivity contribution is 5.26. The van der Waals surface area contributed by atoms with Crippen LogP contribution in [0.5, 0.6) is 0 Å². The van der Waals surface area contributed by atoms with Crippen molar-refractivity contribution in [2.24, 2.45) is 0 Å². The molecule has 0 N–H and O–H groups in total. The Morgan fingerprint density at radius 1 is 1.18 bits per heavy atom. The van der Waals surface area contributed by atoms with Gasteiger partial charge in [0.25, 0.3) is 0 Å². The van der Waals surface area contributed by atoms with Gasteiger partial charge in [-0.15, -0.1) is 0 Å². The molecule has 1 heteroatoms. The average molecular weight is 151 g/mol. The quantitative estimate of drug-likeness (QED) is 0.565. The summed E-state index contributed by atoms with van der Waals surface area (Å²) in [6, 6.07) is 2.27. The normalized spacial score (nSPS) is 12.2. The molecule has 0 amide bonds. The Labute approximate surface area is 69.7 Å². The fraction of sp³-hybridized carbons (Fsp3) is 0.700. The number of hydrogen-bond acceptors (Lipinski definition) is 1. The summed E-state index contributed by atoms with van der Waals surface area (Å²) >= 11 is 0. The molecule has 0 atom stereocenters. The summed E-state index contributed by atoms with van der Waals surface area (Å²) in [6.07, 6.45) is 4.23. The molecular weight excluding hydrogens is 134 g/mol. The van der Waals surface area contributed by atoms with Gasteiger partial charge >= 0.3 is 0 Å². The number of allylic oxidation sites excluding steroid dienone is 2. The first-order valence-corrected chi connectivity index (χ1v) is 4.34. The third-order valence-corrected chi connectivity index (χ3v) is 1.78. The van der Waals surface area contributed by atoms with Crippen molar-refractivity contribution in [3.05, 3.63) is 11.1 Å². The molecule has 0 unspecified atom stereocenters. The van der Waals surface area contributed by atoms with Gasteiger partial charge in [0.1, 0.15) is 0 Å². The molecule has 11 heavy (non-hydrogen) atoms.